The van der Waals surface area contributed by atoms with Crippen LogP contribution in [-0.4, -0.2) is 22.2 Å². The van der Waals surface area contributed by atoms with E-state index in [2.05, 4.69) is 0 Å². The number of aliphatic carboxylic acids is 2. The minimum absolute atomic E-state index is 0. The van der Waals surface area contributed by atoms with Crippen molar-refractivity contribution in [2.45, 2.75) is 19.8 Å². The maximum Gasteiger partial charge on any atom is 1.00 e. The smallest absolute Gasteiger partial charge is 1.00 e. The molecule has 0 saturated carbocycles. The van der Waals surface area contributed by atoms with Gasteiger partial charge in [0.25, 0.3) is 0 Å². The monoisotopic (exact) mass is 186 g/mol. The van der Waals surface area contributed by atoms with Gasteiger partial charge in [0.05, 0.1) is 0 Å². The van der Waals surface area contributed by atoms with Crippen LogP contribution in [-0.2, 0) is 9.59 Å². The first-order chi connectivity index (χ1) is 4.59. The van der Waals surface area contributed by atoms with Gasteiger partial charge in [-0.25, -0.2) is 0 Å². The van der Waals surface area contributed by atoms with Crippen molar-refractivity contribution in [3.8, 4) is 0 Å². The van der Waals surface area contributed by atoms with Crippen molar-refractivity contribution in [3.05, 3.63) is 0 Å². The van der Waals surface area contributed by atoms with Gasteiger partial charge in [0.1, 0.15) is 0 Å². The van der Waals surface area contributed by atoms with Crippen LogP contribution in [0, 0.1) is 5.92 Å². The summed E-state index contributed by atoms with van der Waals surface area (Å²) in [5.41, 5.74) is 0. The van der Waals surface area contributed by atoms with E-state index in [9.17, 15) is 9.59 Å². The van der Waals surface area contributed by atoms with Crippen molar-refractivity contribution in [2.75, 3.05) is 0 Å². The number of rotatable bonds is 4. The minimum Gasteiger partial charge on any atom is -1.00 e. The maximum atomic E-state index is 10.2. The molecule has 0 atom stereocenters. The second-order valence-corrected chi connectivity index (χ2v) is 2.02. The number of carboxylic acid groups (broad SMARTS) is 2. The van der Waals surface area contributed by atoms with E-state index in [0.717, 1.165) is 0 Å². The molecule has 0 spiro atoms. The van der Waals surface area contributed by atoms with Gasteiger partial charge in [0, 0.05) is 0 Å². The van der Waals surface area contributed by atoms with Gasteiger partial charge < -0.3 is 11.6 Å². The zero-order valence-corrected chi connectivity index (χ0v) is 9.83. The molecule has 0 unspecified atom stereocenters. The molecule has 2 N–H and O–H groups in total. The second kappa shape index (κ2) is 7.24. The van der Waals surface area contributed by atoms with E-state index in [1.165, 1.54) is 0 Å². The Labute approximate surface area is 109 Å². The summed E-state index contributed by atoms with van der Waals surface area (Å²) in [4.78, 5) is 20.3. The molecule has 0 saturated heterocycles. The first-order valence-electron chi connectivity index (χ1n) is 3.05. The summed E-state index contributed by atoms with van der Waals surface area (Å²) in [7, 11) is 0. The molecule has 4 nitrogen and oxygen atoms in total. The van der Waals surface area contributed by atoms with Crippen LogP contribution in [0.3, 0.4) is 0 Å². The number of hydrogen-bond acceptors (Lipinski definition) is 2. The molecule has 0 fully saturated rings. The van der Waals surface area contributed by atoms with E-state index < -0.39 is 17.9 Å². The van der Waals surface area contributed by atoms with Gasteiger partial charge in [-0.15, -0.1) is 0 Å². The fourth-order valence-electron chi connectivity index (χ4n) is 0.641. The first kappa shape index (κ1) is 14.1. The topological polar surface area (TPSA) is 74.6 Å². The average Bonchev–Trinajstić information content (AvgIpc) is 1.81. The predicted molar refractivity (Wildman–Crippen MR) is 34.8 cm³/mol. The summed E-state index contributed by atoms with van der Waals surface area (Å²) in [6.45, 7) is 1.75. The molecule has 60 valence electrons. The summed E-state index contributed by atoms with van der Waals surface area (Å²) >= 11 is 0. The summed E-state index contributed by atoms with van der Waals surface area (Å²) in [6, 6.07) is 0. The van der Waals surface area contributed by atoms with Crippen LogP contribution in [0.1, 0.15) is 21.2 Å². The van der Waals surface area contributed by atoms with E-state index >= 15 is 0 Å². The molecule has 0 aromatic rings. The van der Waals surface area contributed by atoms with Gasteiger partial charge >= 0.3 is 63.3 Å². The zero-order valence-electron chi connectivity index (χ0n) is 7.70. The normalized spacial score (nSPS) is 8.91. The molecule has 0 aromatic heterocycles. The van der Waals surface area contributed by atoms with Gasteiger partial charge in [-0.3, -0.25) is 9.59 Å². The third-order valence-corrected chi connectivity index (χ3v) is 1.17. The summed E-state index contributed by atoms with van der Waals surface area (Å²) < 4.78 is 0. The first-order valence-corrected chi connectivity index (χ1v) is 3.05. The quantitative estimate of drug-likeness (QED) is 0.382. The molecule has 0 rings (SSSR count). The van der Waals surface area contributed by atoms with Gasteiger partial charge in [0.2, 0.25) is 0 Å². The molecule has 0 radical (unpaired) electrons. The molecule has 0 aliphatic rings. The van der Waals surface area contributed by atoms with Crippen LogP contribution in [0.2, 0.25) is 0 Å². The van der Waals surface area contributed by atoms with Crippen molar-refractivity contribution in [2.24, 2.45) is 5.92 Å². The SMILES string of the molecule is CCCC(C(=O)O)C(=O)O.[H-].[K+]. The number of hydrogen-bond donors (Lipinski definition) is 2. The molecule has 0 bridgehead atoms. The Kier molecular flexibility index (Phi) is 9.29. The van der Waals surface area contributed by atoms with E-state index in [0.29, 0.717) is 6.42 Å². The fourth-order valence-corrected chi connectivity index (χ4v) is 0.641. The Morgan fingerprint density at radius 1 is 1.36 bits per heavy atom. The third kappa shape index (κ3) is 5.80. The van der Waals surface area contributed by atoms with Crippen LogP contribution in [0.5, 0.6) is 0 Å². The van der Waals surface area contributed by atoms with Crippen LogP contribution in [0.25, 0.3) is 0 Å². The maximum absolute atomic E-state index is 10.2. The molecular formula is C6H11KO4. The Morgan fingerprint density at radius 2 is 1.73 bits per heavy atom. The number of carboxylic acids is 2. The molecule has 0 heterocycles. The molecule has 0 aliphatic heterocycles. The van der Waals surface area contributed by atoms with Gasteiger partial charge in [-0.1, -0.05) is 13.3 Å². The van der Waals surface area contributed by atoms with Crippen molar-refractivity contribution in [3.63, 3.8) is 0 Å². The van der Waals surface area contributed by atoms with Crippen LogP contribution in [0.15, 0.2) is 0 Å². The average molecular weight is 186 g/mol. The molecule has 5 heteroatoms. The van der Waals surface area contributed by atoms with E-state index in [-0.39, 0.29) is 59.2 Å². The van der Waals surface area contributed by atoms with Gasteiger partial charge in [-0.2, -0.15) is 0 Å². The molecule has 0 amide bonds. The van der Waals surface area contributed by atoms with Crippen molar-refractivity contribution >= 4 is 11.9 Å². The Balaban J connectivity index is -0.000000405. The van der Waals surface area contributed by atoms with Crippen molar-refractivity contribution in [1.29, 1.82) is 0 Å². The fraction of sp³-hybridized carbons (Fsp3) is 0.667. The zero-order chi connectivity index (χ0) is 8.15. The molecular weight excluding hydrogens is 175 g/mol. The van der Waals surface area contributed by atoms with Gasteiger partial charge in [-0.05, 0) is 6.42 Å². The second-order valence-electron chi connectivity index (χ2n) is 2.02. The van der Waals surface area contributed by atoms with Crippen molar-refractivity contribution in [1.82, 2.24) is 0 Å². The van der Waals surface area contributed by atoms with Crippen molar-refractivity contribution < 1.29 is 72.6 Å². The van der Waals surface area contributed by atoms with E-state index in [1.807, 2.05) is 0 Å². The minimum atomic E-state index is -1.26. The molecule has 11 heavy (non-hydrogen) atoms. The number of carbonyl (C=O) groups is 2. The summed E-state index contributed by atoms with van der Waals surface area (Å²) in [5.74, 6) is -3.74. The summed E-state index contributed by atoms with van der Waals surface area (Å²) in [6.07, 6.45) is 0.772. The Hall–Kier alpha value is 0.576. The van der Waals surface area contributed by atoms with E-state index in [1.54, 1.807) is 6.92 Å². The predicted octanol–water partition coefficient (Wildman–Crippen LogP) is -2.31. The molecule has 0 aliphatic carbocycles. The third-order valence-electron chi connectivity index (χ3n) is 1.17. The Morgan fingerprint density at radius 3 is 1.82 bits per heavy atom. The summed E-state index contributed by atoms with van der Waals surface area (Å²) in [5, 5.41) is 16.6. The van der Waals surface area contributed by atoms with Gasteiger partial charge in [0.15, 0.2) is 5.92 Å². The van der Waals surface area contributed by atoms with Crippen LogP contribution in [0.4, 0.5) is 0 Å². The standard InChI is InChI=1S/C6H10O4.K.H/c1-2-3-4(5(7)8)6(9)10;;/h4H,2-3H2,1H3,(H,7,8)(H,9,10);;/q;+1;-1. The van der Waals surface area contributed by atoms with E-state index in [4.69, 9.17) is 10.2 Å². The Bertz CT molecular complexity index is 136. The van der Waals surface area contributed by atoms with Crippen LogP contribution >= 0.6 is 0 Å². The van der Waals surface area contributed by atoms with Crippen LogP contribution < -0.4 is 51.4 Å². The molecule has 0 aromatic carbocycles. The largest absolute Gasteiger partial charge is 1.00 e.